The van der Waals surface area contributed by atoms with Crippen molar-refractivity contribution in [3.8, 4) is 11.5 Å². The lowest BCUT2D eigenvalue weighted by atomic mass is 9.81. The Kier molecular flexibility index (Phi) is 2.99. The quantitative estimate of drug-likeness (QED) is 0.417. The molecule has 118 valence electrons. The predicted molar refractivity (Wildman–Crippen MR) is 98.1 cm³/mol. The van der Waals surface area contributed by atoms with E-state index in [1.165, 1.54) is 33.7 Å². The average molecular weight is 313 g/mol. The first-order chi connectivity index (χ1) is 11.8. The molecule has 0 aliphatic heterocycles. The molecule has 2 aromatic heterocycles. The van der Waals surface area contributed by atoms with Gasteiger partial charge in [0.15, 0.2) is 5.76 Å². The van der Waals surface area contributed by atoms with E-state index in [4.69, 9.17) is 9.40 Å². The molecule has 4 aromatic rings. The van der Waals surface area contributed by atoms with E-state index in [0.717, 1.165) is 29.8 Å². The lowest BCUT2D eigenvalue weighted by Gasteiger charge is -2.25. The van der Waals surface area contributed by atoms with Gasteiger partial charge in [0.05, 0.1) is 11.8 Å². The molecule has 1 aliphatic carbocycles. The number of aryl methyl sites for hydroxylation is 1. The van der Waals surface area contributed by atoms with Gasteiger partial charge in [0.1, 0.15) is 5.69 Å². The van der Waals surface area contributed by atoms with Crippen molar-refractivity contribution >= 4 is 21.7 Å². The summed E-state index contributed by atoms with van der Waals surface area (Å²) >= 11 is 0. The lowest BCUT2D eigenvalue weighted by molar-refractivity contribution is 0.501. The first-order valence-electron chi connectivity index (χ1n) is 8.68. The van der Waals surface area contributed by atoms with E-state index in [1.54, 1.807) is 6.26 Å². The van der Waals surface area contributed by atoms with Crippen LogP contribution >= 0.6 is 0 Å². The van der Waals surface area contributed by atoms with Gasteiger partial charge >= 0.3 is 0 Å². The molecule has 0 saturated carbocycles. The van der Waals surface area contributed by atoms with E-state index >= 15 is 0 Å². The number of benzene rings is 2. The van der Waals surface area contributed by atoms with Gasteiger partial charge in [0.2, 0.25) is 0 Å². The van der Waals surface area contributed by atoms with Gasteiger partial charge in [0.25, 0.3) is 0 Å². The number of fused-ring (bicyclic) bond motifs is 5. The summed E-state index contributed by atoms with van der Waals surface area (Å²) in [4.78, 5) is 5.02. The lowest BCUT2D eigenvalue weighted by Crippen LogP contribution is -2.14. The van der Waals surface area contributed by atoms with E-state index in [0.29, 0.717) is 5.92 Å². The van der Waals surface area contributed by atoms with E-state index in [2.05, 4.69) is 43.3 Å². The van der Waals surface area contributed by atoms with E-state index < -0.39 is 0 Å². The third-order valence-electron chi connectivity index (χ3n) is 5.29. The SMILES string of the molecule is CC1CCc2c(c(-c3ccco3)nc3ccc4ccccc4c23)C1. The van der Waals surface area contributed by atoms with Crippen molar-refractivity contribution in [2.24, 2.45) is 5.92 Å². The Labute approximate surface area is 141 Å². The standard InChI is InChI=1S/C22H19NO/c1-14-8-10-17-18(13-14)22(20-7-4-12-24-20)23-19-11-9-15-5-2-3-6-16(15)21(17)19/h2-7,9,11-12,14H,8,10,13H2,1H3. The monoisotopic (exact) mass is 313 g/mol. The normalized spacial score (nSPS) is 17.3. The first-order valence-corrected chi connectivity index (χ1v) is 8.68. The highest BCUT2D eigenvalue weighted by Gasteiger charge is 2.24. The molecule has 0 amide bonds. The van der Waals surface area contributed by atoms with Crippen LogP contribution < -0.4 is 0 Å². The smallest absolute Gasteiger partial charge is 0.152 e. The van der Waals surface area contributed by atoms with Gasteiger partial charge in [-0.2, -0.15) is 0 Å². The summed E-state index contributed by atoms with van der Waals surface area (Å²) in [5.41, 5.74) is 4.96. The highest BCUT2D eigenvalue weighted by atomic mass is 16.3. The highest BCUT2D eigenvalue weighted by Crippen LogP contribution is 2.39. The fourth-order valence-electron chi connectivity index (χ4n) is 4.11. The van der Waals surface area contributed by atoms with Crippen molar-refractivity contribution in [2.45, 2.75) is 26.2 Å². The molecular formula is C22H19NO. The van der Waals surface area contributed by atoms with Crippen molar-refractivity contribution in [1.82, 2.24) is 4.98 Å². The molecule has 0 fully saturated rings. The molecule has 0 saturated heterocycles. The molecule has 2 nitrogen and oxygen atoms in total. The zero-order valence-corrected chi connectivity index (χ0v) is 13.8. The van der Waals surface area contributed by atoms with E-state index in [-0.39, 0.29) is 0 Å². The maximum absolute atomic E-state index is 5.69. The molecule has 0 radical (unpaired) electrons. The van der Waals surface area contributed by atoms with Crippen molar-refractivity contribution in [3.63, 3.8) is 0 Å². The Bertz CT molecular complexity index is 1050. The maximum Gasteiger partial charge on any atom is 0.152 e. The zero-order valence-electron chi connectivity index (χ0n) is 13.8. The third-order valence-corrected chi connectivity index (χ3v) is 5.29. The number of furan rings is 1. The molecule has 24 heavy (non-hydrogen) atoms. The molecular weight excluding hydrogens is 294 g/mol. The molecule has 1 atom stereocenters. The predicted octanol–water partition coefficient (Wildman–Crippen LogP) is 5.77. The number of hydrogen-bond acceptors (Lipinski definition) is 2. The van der Waals surface area contributed by atoms with Crippen LogP contribution in [0.2, 0.25) is 0 Å². The Balaban J connectivity index is 1.93. The van der Waals surface area contributed by atoms with Gasteiger partial charge in [-0.25, -0.2) is 4.98 Å². The second-order valence-electron chi connectivity index (χ2n) is 6.92. The van der Waals surface area contributed by atoms with Gasteiger partial charge in [0, 0.05) is 5.39 Å². The van der Waals surface area contributed by atoms with Crippen LogP contribution in [0.3, 0.4) is 0 Å². The van der Waals surface area contributed by atoms with Crippen LogP contribution in [0, 0.1) is 5.92 Å². The van der Waals surface area contributed by atoms with Crippen LogP contribution in [0.1, 0.15) is 24.5 Å². The molecule has 1 aliphatic rings. The zero-order chi connectivity index (χ0) is 16.1. The minimum absolute atomic E-state index is 0.695. The summed E-state index contributed by atoms with van der Waals surface area (Å²) in [7, 11) is 0. The van der Waals surface area contributed by atoms with Crippen LogP contribution in [0.15, 0.2) is 59.2 Å². The second-order valence-corrected chi connectivity index (χ2v) is 6.92. The van der Waals surface area contributed by atoms with Crippen LogP contribution in [0.5, 0.6) is 0 Å². The Morgan fingerprint density at radius 3 is 2.79 bits per heavy atom. The third kappa shape index (κ3) is 1.99. The topological polar surface area (TPSA) is 26.0 Å². The summed E-state index contributed by atoms with van der Waals surface area (Å²) in [6.45, 7) is 2.34. The number of pyridine rings is 1. The van der Waals surface area contributed by atoms with E-state index in [1.807, 2.05) is 12.1 Å². The number of aromatic nitrogens is 1. The van der Waals surface area contributed by atoms with Crippen LogP contribution in [-0.2, 0) is 12.8 Å². The minimum Gasteiger partial charge on any atom is -0.463 e. The Hall–Kier alpha value is -2.61. The molecule has 2 aromatic carbocycles. The Morgan fingerprint density at radius 2 is 1.92 bits per heavy atom. The highest BCUT2D eigenvalue weighted by molar-refractivity contribution is 6.09. The van der Waals surface area contributed by atoms with Crippen LogP contribution in [-0.4, -0.2) is 4.98 Å². The van der Waals surface area contributed by atoms with Crippen molar-refractivity contribution < 1.29 is 4.42 Å². The largest absolute Gasteiger partial charge is 0.463 e. The summed E-state index contributed by atoms with van der Waals surface area (Å²) < 4.78 is 5.69. The van der Waals surface area contributed by atoms with Crippen molar-refractivity contribution in [3.05, 3.63) is 65.9 Å². The van der Waals surface area contributed by atoms with Gasteiger partial charge in [-0.1, -0.05) is 37.3 Å². The number of nitrogens with zero attached hydrogens (tertiary/aromatic N) is 1. The molecule has 1 unspecified atom stereocenters. The summed E-state index contributed by atoms with van der Waals surface area (Å²) in [5.74, 6) is 1.58. The summed E-state index contributed by atoms with van der Waals surface area (Å²) in [6, 6.07) is 16.9. The second kappa shape index (κ2) is 5.20. The average Bonchev–Trinajstić information content (AvgIpc) is 3.15. The number of rotatable bonds is 1. The first kappa shape index (κ1) is 13.8. The molecule has 2 heterocycles. The summed E-state index contributed by atoms with van der Waals surface area (Å²) in [6.07, 6.45) is 5.18. The van der Waals surface area contributed by atoms with Crippen LogP contribution in [0.4, 0.5) is 0 Å². The fourth-order valence-corrected chi connectivity index (χ4v) is 4.11. The van der Waals surface area contributed by atoms with Crippen molar-refractivity contribution in [2.75, 3.05) is 0 Å². The molecule has 0 spiro atoms. The molecule has 0 bridgehead atoms. The van der Waals surface area contributed by atoms with Gasteiger partial charge in [-0.15, -0.1) is 0 Å². The molecule has 2 heteroatoms. The fraction of sp³-hybridized carbons (Fsp3) is 0.227. The number of hydrogen-bond donors (Lipinski definition) is 0. The van der Waals surface area contributed by atoms with Crippen LogP contribution in [0.25, 0.3) is 33.1 Å². The van der Waals surface area contributed by atoms with Gasteiger partial charge < -0.3 is 4.42 Å². The van der Waals surface area contributed by atoms with Gasteiger partial charge in [-0.05, 0) is 65.3 Å². The molecule has 0 N–H and O–H groups in total. The Morgan fingerprint density at radius 1 is 1.00 bits per heavy atom. The van der Waals surface area contributed by atoms with Gasteiger partial charge in [-0.3, -0.25) is 0 Å². The van der Waals surface area contributed by atoms with Crippen molar-refractivity contribution in [1.29, 1.82) is 0 Å². The molecule has 5 rings (SSSR count). The minimum atomic E-state index is 0.695. The summed E-state index contributed by atoms with van der Waals surface area (Å²) in [5, 5.41) is 3.95. The maximum atomic E-state index is 5.69. The van der Waals surface area contributed by atoms with E-state index in [9.17, 15) is 0 Å².